The van der Waals surface area contributed by atoms with Crippen molar-refractivity contribution in [2.75, 3.05) is 35.3 Å². The molecule has 0 fully saturated rings. The first-order valence-corrected chi connectivity index (χ1v) is 44.2. The van der Waals surface area contributed by atoms with Crippen molar-refractivity contribution in [3.8, 4) is 5.75 Å². The molecule has 0 unspecified atom stereocenters. The number of aryl methyl sites for hydroxylation is 3. The fourth-order valence-electron chi connectivity index (χ4n) is 13.6. The van der Waals surface area contributed by atoms with E-state index >= 15 is 0 Å². The number of benzene rings is 14. The van der Waals surface area contributed by atoms with Crippen LogP contribution >= 0.6 is 0 Å². The van der Waals surface area contributed by atoms with Crippen LogP contribution < -0.4 is 53.9 Å². The van der Waals surface area contributed by atoms with Gasteiger partial charge in [-0.25, -0.2) is 53.6 Å². The van der Waals surface area contributed by atoms with Gasteiger partial charge in [-0.15, -0.1) is 0 Å². The highest BCUT2D eigenvalue weighted by atomic mass is 19.1. The lowest BCUT2D eigenvalue weighted by atomic mass is 9.65. The van der Waals surface area contributed by atoms with E-state index in [0.29, 0.717) is 0 Å². The second-order valence-corrected chi connectivity index (χ2v) is 32.5. The van der Waals surface area contributed by atoms with E-state index in [1.54, 1.807) is 12.6 Å². The molecule has 0 saturated heterocycles. The van der Waals surface area contributed by atoms with Crippen LogP contribution in [0.2, 0.25) is 27.3 Å². The number of halogens is 1. The Labute approximate surface area is 703 Å². The van der Waals surface area contributed by atoms with Gasteiger partial charge in [0.25, 0.3) is 0 Å². The van der Waals surface area contributed by atoms with Crippen molar-refractivity contribution in [2.24, 2.45) is 0 Å². The highest BCUT2D eigenvalue weighted by Gasteiger charge is 1.97. The highest BCUT2D eigenvalue weighted by Crippen LogP contribution is 2.09. The standard InChI is InChI=1S/3C14H16B.2C13H14B.C8H12BO.C7H9BF.2C7H10B.C4H12N.2CH4/c1-12-7-5-6-8-13(12)11-15-14-9-3-2-4-10-14;2*1-12-7-9-13(10-8-12)11-15-14-5-3-2-4-6-14;2*1-3-7-12(8-4-1)11-14-13-9-5-2-6-10-13;1-9-7-3-5-8(10-2)6-4-7;1-8-6-2-4-7(9)5-3-6;2*1-8-7-5-3-2-4-6-7;1-5(2,3)4;;/h3*2-10H,11,15H2,1H3;2*1-10H,11,14H2;3-6H,9H2,1-2H3;2-5H,8H2,1H3;2*2-6H,8H2,1H3;1-4H3;2*1H4/q9*-1;+1;;. The van der Waals surface area contributed by atoms with Crippen LogP contribution in [0.25, 0.3) is 0 Å². The largest absolute Gasteiger partial charge is 0.497 e. The zero-order valence-corrected chi connectivity index (χ0v) is 72.8. The Kier molecular flexibility index (Phi) is 53.0. The van der Waals surface area contributed by atoms with Gasteiger partial charge in [0.2, 0.25) is 0 Å². The number of ether oxygens (including phenoxy) is 1. The lowest BCUT2D eigenvalue weighted by Gasteiger charge is -2.14. The van der Waals surface area contributed by atoms with Crippen LogP contribution in [0.5, 0.6) is 5.75 Å². The maximum Gasteiger partial charge on any atom is 0.122 e. The van der Waals surface area contributed by atoms with E-state index in [1.165, 1.54) is 132 Å². The summed E-state index contributed by atoms with van der Waals surface area (Å²) >= 11 is 0. The van der Waals surface area contributed by atoms with E-state index in [9.17, 15) is 4.39 Å². The summed E-state index contributed by atoms with van der Waals surface area (Å²) in [5, 5.41) is 0. The summed E-state index contributed by atoms with van der Waals surface area (Å²) in [5.74, 6) is 0.808. The zero-order valence-electron chi connectivity index (χ0n) is 72.8. The Bertz CT molecular complexity index is 4250. The molecule has 0 aliphatic rings. The minimum Gasteiger partial charge on any atom is -0.497 e. The summed E-state index contributed by atoms with van der Waals surface area (Å²) in [4.78, 5) is 0. The van der Waals surface area contributed by atoms with Crippen LogP contribution in [-0.4, -0.2) is 105 Å². The van der Waals surface area contributed by atoms with Crippen LogP contribution in [0.1, 0.15) is 59.4 Å². The van der Waals surface area contributed by atoms with Crippen molar-refractivity contribution >= 4 is 115 Å². The summed E-state index contributed by atoms with van der Waals surface area (Å²) < 4.78 is 18.3. The van der Waals surface area contributed by atoms with Crippen molar-refractivity contribution < 1.29 is 13.6 Å². The van der Waals surface area contributed by atoms with Gasteiger partial charge in [-0.1, -0.05) is 429 Å². The van der Waals surface area contributed by atoms with Crippen LogP contribution in [0.4, 0.5) is 4.39 Å². The lowest BCUT2D eigenvalue weighted by Crippen LogP contribution is -2.27. The molecule has 0 spiro atoms. The summed E-state index contributed by atoms with van der Waals surface area (Å²) in [6, 6.07) is 139. The van der Waals surface area contributed by atoms with Crippen LogP contribution in [0, 0.1) is 26.6 Å². The number of methoxy groups -OCH3 is 1. The van der Waals surface area contributed by atoms with Gasteiger partial charge in [-0.05, 0) is 74.2 Å². The SMILES string of the molecule is C.C.C[BH2-]c1ccc(F)cc1.C[BH2-]c1ccc(OC)cc1.C[BH2-]c1ccccc1.C[BH2-]c1ccccc1.C[N+](C)(C)C.Cc1ccc(C[BH2-]c2ccccc2)cc1.Cc1ccc(C[BH2-]c2ccccc2)cc1.Cc1ccccc1C[BH2-]c1ccccc1.[BH2-](Cc1ccccc1)c1ccccc1.[BH2-](Cc1ccccc1)c1ccccc1. The van der Waals surface area contributed by atoms with Gasteiger partial charge in [-0.2, -0.15) is 58.9 Å². The minimum atomic E-state index is -0.140. The van der Waals surface area contributed by atoms with E-state index in [4.69, 9.17) is 4.74 Å². The number of quaternary nitrogens is 1. The van der Waals surface area contributed by atoms with Gasteiger partial charge >= 0.3 is 0 Å². The summed E-state index contributed by atoms with van der Waals surface area (Å²) in [7, 11) is 10.7. The Hall–Kier alpha value is -10.6. The summed E-state index contributed by atoms with van der Waals surface area (Å²) in [6.07, 6.45) is 6.28. The van der Waals surface area contributed by atoms with E-state index in [2.05, 4.69) is 434 Å². The molecular formula is C103H137B9FNO-8. The molecule has 0 aliphatic carbocycles. The van der Waals surface area contributed by atoms with Gasteiger partial charge in [-0.3, -0.25) is 0 Å². The number of hydrogen-bond acceptors (Lipinski definition) is 1. The van der Waals surface area contributed by atoms with Crippen molar-refractivity contribution in [1.82, 2.24) is 0 Å². The second-order valence-electron chi connectivity index (χ2n) is 32.5. The molecule has 12 heteroatoms. The van der Waals surface area contributed by atoms with E-state index in [0.717, 1.165) is 10.2 Å². The predicted octanol–water partition coefficient (Wildman–Crippen LogP) is 13.2. The normalized spacial score (nSPS) is 9.78. The second kappa shape index (κ2) is 61.8. The smallest absolute Gasteiger partial charge is 0.122 e. The average molecular weight is 1520 g/mol. The third kappa shape index (κ3) is 48.9. The fourth-order valence-corrected chi connectivity index (χ4v) is 13.6. The van der Waals surface area contributed by atoms with Gasteiger partial charge in [0.15, 0.2) is 0 Å². The molecule has 0 amide bonds. The predicted molar refractivity (Wildman–Crippen MR) is 544 cm³/mol. The maximum absolute atomic E-state index is 12.2. The minimum absolute atomic E-state index is 0. The van der Waals surface area contributed by atoms with Gasteiger partial charge in [0, 0.05) is 36.4 Å². The third-order valence-corrected chi connectivity index (χ3v) is 21.3. The Balaban J connectivity index is 0.000000334. The van der Waals surface area contributed by atoms with E-state index in [1.807, 2.05) is 24.3 Å². The van der Waals surface area contributed by atoms with E-state index < -0.39 is 0 Å². The molecule has 14 rings (SSSR count). The molecular weight excluding hydrogens is 1380 g/mol. The zero-order chi connectivity index (χ0) is 81.0. The highest BCUT2D eigenvalue weighted by molar-refractivity contribution is 6.55. The molecule has 0 radical (unpaired) electrons. The van der Waals surface area contributed by atoms with Crippen molar-refractivity contribution in [3.63, 3.8) is 0 Å². The first-order chi connectivity index (χ1) is 55.0. The number of hydrogen-bond donors (Lipinski definition) is 0. The lowest BCUT2D eigenvalue weighted by molar-refractivity contribution is -0.849. The number of rotatable bonds is 20. The quantitative estimate of drug-likeness (QED) is 0.0546. The molecule has 2 nitrogen and oxygen atoms in total. The van der Waals surface area contributed by atoms with Crippen LogP contribution in [0.3, 0.4) is 0 Å². The topological polar surface area (TPSA) is 9.23 Å². The maximum atomic E-state index is 12.2. The van der Waals surface area contributed by atoms with Crippen LogP contribution in [0.15, 0.2) is 394 Å². The first-order valence-electron chi connectivity index (χ1n) is 44.2. The molecule has 14 aromatic rings. The Morgan fingerprint density at radius 1 is 0.243 bits per heavy atom. The molecule has 0 saturated carbocycles. The van der Waals surface area contributed by atoms with Crippen molar-refractivity contribution in [1.29, 1.82) is 0 Å². The van der Waals surface area contributed by atoms with Crippen molar-refractivity contribution in [2.45, 2.75) is 94.5 Å². The van der Waals surface area contributed by atoms with Crippen molar-refractivity contribution in [3.05, 3.63) is 445 Å². The molecule has 602 valence electrons. The van der Waals surface area contributed by atoms with E-state index in [-0.39, 0.29) is 86.2 Å². The number of nitrogens with zero attached hydrogens (tertiary/aromatic N) is 1. The van der Waals surface area contributed by atoms with Crippen LogP contribution in [-0.2, 0) is 31.6 Å². The monoisotopic (exact) mass is 1520 g/mol. The fraction of sp³-hybridized carbons (Fsp3) is 0.184. The van der Waals surface area contributed by atoms with Gasteiger partial charge < -0.3 is 9.22 Å². The Morgan fingerprint density at radius 2 is 0.452 bits per heavy atom. The molecule has 0 heterocycles. The molecule has 0 atom stereocenters. The first kappa shape index (κ1) is 98.6. The molecule has 115 heavy (non-hydrogen) atoms. The molecule has 0 aliphatic heterocycles. The molecule has 14 aromatic carbocycles. The average Bonchev–Trinajstić information content (AvgIpc) is 0.912. The molecule has 0 N–H and O–H groups in total. The van der Waals surface area contributed by atoms with Gasteiger partial charge in [0.1, 0.15) is 11.6 Å². The molecule has 0 bridgehead atoms. The molecule has 0 aromatic heterocycles. The third-order valence-electron chi connectivity index (χ3n) is 21.3. The Morgan fingerprint density at radius 3 is 0.696 bits per heavy atom. The summed E-state index contributed by atoms with van der Waals surface area (Å²) in [6.45, 7) is 15.5. The van der Waals surface area contributed by atoms with Gasteiger partial charge in [0.05, 0.1) is 35.3 Å². The summed E-state index contributed by atoms with van der Waals surface area (Å²) in [5.41, 5.74) is 25.1.